The van der Waals surface area contributed by atoms with Gasteiger partial charge in [0.05, 0.1) is 0 Å². The van der Waals surface area contributed by atoms with Crippen LogP contribution >= 0.6 is 0 Å². The number of aromatic nitrogens is 5. The van der Waals surface area contributed by atoms with Gasteiger partial charge >= 0.3 is 12.1 Å². The standard InChI is InChI=1S/C18H20N8O4/c19-15(27)12-9-20-17(30-26-14-4-2-1-3-13(14)24-25-26)23-16(12)21-10-5-7-11(8-6-10)22-18(28)29/h1-4,9-11,22H,5-8H2,(H2,19,27)(H,28,29)(H,20,21,23). The predicted molar refractivity (Wildman–Crippen MR) is 105 cm³/mol. The van der Waals surface area contributed by atoms with Gasteiger partial charge in [0, 0.05) is 18.3 Å². The monoisotopic (exact) mass is 412 g/mol. The Labute approximate surface area is 170 Å². The number of carbonyl (C=O) groups is 2. The highest BCUT2D eigenvalue weighted by atomic mass is 16.7. The third-order valence-corrected chi connectivity index (χ3v) is 4.92. The smallest absolute Gasteiger partial charge is 0.404 e. The summed E-state index contributed by atoms with van der Waals surface area (Å²) in [5.74, 6) is -0.414. The molecule has 0 unspecified atom stereocenters. The number of hydrogen-bond donors (Lipinski definition) is 4. The van der Waals surface area contributed by atoms with Crippen molar-refractivity contribution in [2.45, 2.75) is 37.8 Å². The van der Waals surface area contributed by atoms with E-state index in [-0.39, 0.29) is 29.5 Å². The lowest BCUT2D eigenvalue weighted by molar-refractivity contribution is 0.0999. The van der Waals surface area contributed by atoms with Gasteiger partial charge < -0.3 is 26.3 Å². The average molecular weight is 412 g/mol. The van der Waals surface area contributed by atoms with Crippen molar-refractivity contribution in [1.29, 1.82) is 0 Å². The molecule has 2 aromatic heterocycles. The van der Waals surface area contributed by atoms with E-state index in [1.165, 1.54) is 11.0 Å². The summed E-state index contributed by atoms with van der Waals surface area (Å²) in [7, 11) is 0. The minimum Gasteiger partial charge on any atom is -0.465 e. The molecule has 12 nitrogen and oxygen atoms in total. The van der Waals surface area contributed by atoms with Crippen LogP contribution in [0.3, 0.4) is 0 Å². The number of nitrogens with zero attached hydrogens (tertiary/aromatic N) is 5. The number of nitrogens with two attached hydrogens (primary N) is 1. The largest absolute Gasteiger partial charge is 0.465 e. The van der Waals surface area contributed by atoms with E-state index in [9.17, 15) is 9.59 Å². The van der Waals surface area contributed by atoms with E-state index in [1.807, 2.05) is 12.1 Å². The molecule has 1 saturated carbocycles. The van der Waals surface area contributed by atoms with Crippen LogP contribution in [0.25, 0.3) is 11.0 Å². The second kappa shape index (κ2) is 8.19. The zero-order valence-electron chi connectivity index (χ0n) is 15.9. The van der Waals surface area contributed by atoms with Crippen LogP contribution < -0.4 is 21.2 Å². The van der Waals surface area contributed by atoms with E-state index in [0.717, 1.165) is 0 Å². The number of fused-ring (bicyclic) bond motifs is 1. The lowest BCUT2D eigenvalue weighted by Crippen LogP contribution is -2.39. The van der Waals surface area contributed by atoms with Gasteiger partial charge in [-0.05, 0) is 43.0 Å². The van der Waals surface area contributed by atoms with Gasteiger partial charge in [0.1, 0.15) is 22.4 Å². The molecule has 1 aromatic carbocycles. The lowest BCUT2D eigenvalue weighted by Gasteiger charge is -2.29. The van der Waals surface area contributed by atoms with Crippen molar-refractivity contribution in [3.05, 3.63) is 36.0 Å². The molecule has 2 heterocycles. The molecule has 0 atom stereocenters. The van der Waals surface area contributed by atoms with Gasteiger partial charge in [0.2, 0.25) is 0 Å². The highest BCUT2D eigenvalue weighted by molar-refractivity contribution is 5.97. The van der Waals surface area contributed by atoms with Crippen LogP contribution in [0, 0.1) is 0 Å². The van der Waals surface area contributed by atoms with Crippen LogP contribution in [0.1, 0.15) is 36.0 Å². The molecule has 1 aliphatic carbocycles. The van der Waals surface area contributed by atoms with Crippen molar-refractivity contribution in [2.75, 3.05) is 5.32 Å². The molecular weight excluding hydrogens is 392 g/mol. The third-order valence-electron chi connectivity index (χ3n) is 4.92. The first kappa shape index (κ1) is 19.4. The number of benzene rings is 1. The Bertz CT molecular complexity index is 1080. The predicted octanol–water partition coefficient (Wildman–Crippen LogP) is 1.15. The Morgan fingerprint density at radius 1 is 1.17 bits per heavy atom. The first-order valence-electron chi connectivity index (χ1n) is 9.41. The molecule has 30 heavy (non-hydrogen) atoms. The maximum Gasteiger partial charge on any atom is 0.404 e. The summed E-state index contributed by atoms with van der Waals surface area (Å²) in [5.41, 5.74) is 6.88. The first-order chi connectivity index (χ1) is 14.5. The molecule has 0 radical (unpaired) electrons. The Balaban J connectivity index is 1.51. The molecule has 156 valence electrons. The molecule has 2 amide bonds. The first-order valence-corrected chi connectivity index (χ1v) is 9.41. The summed E-state index contributed by atoms with van der Waals surface area (Å²) in [4.78, 5) is 37.7. The van der Waals surface area contributed by atoms with Crippen molar-refractivity contribution in [1.82, 2.24) is 30.4 Å². The number of primary amides is 1. The van der Waals surface area contributed by atoms with Crippen LogP contribution in [0.4, 0.5) is 10.6 Å². The highest BCUT2D eigenvalue weighted by Gasteiger charge is 2.24. The number of amides is 2. The van der Waals surface area contributed by atoms with Gasteiger partial charge in [-0.25, -0.2) is 9.78 Å². The zero-order valence-corrected chi connectivity index (χ0v) is 15.9. The Morgan fingerprint density at radius 3 is 2.63 bits per heavy atom. The number of hydrogen-bond acceptors (Lipinski definition) is 8. The normalized spacial score (nSPS) is 18.7. The van der Waals surface area contributed by atoms with E-state index in [2.05, 4.69) is 30.9 Å². The molecule has 0 spiro atoms. The summed E-state index contributed by atoms with van der Waals surface area (Å²) < 4.78 is 0. The summed E-state index contributed by atoms with van der Waals surface area (Å²) in [5, 5.41) is 22.5. The molecule has 4 rings (SSSR count). The molecule has 12 heteroatoms. The molecule has 0 aliphatic heterocycles. The molecule has 0 saturated heterocycles. The van der Waals surface area contributed by atoms with E-state index in [1.54, 1.807) is 12.1 Å². The Morgan fingerprint density at radius 2 is 1.90 bits per heavy atom. The SMILES string of the molecule is NC(=O)c1cnc(On2nnc3ccccc32)nc1NC1CCC(NC(=O)O)CC1. The molecule has 1 aliphatic rings. The van der Waals surface area contributed by atoms with Crippen molar-refractivity contribution in [2.24, 2.45) is 5.73 Å². The summed E-state index contributed by atoms with van der Waals surface area (Å²) >= 11 is 0. The number of carbonyl (C=O) groups excluding carboxylic acids is 1. The molecule has 3 aromatic rings. The van der Waals surface area contributed by atoms with Crippen LogP contribution in [0.2, 0.25) is 0 Å². The van der Waals surface area contributed by atoms with Crippen molar-refractivity contribution in [3.8, 4) is 6.01 Å². The fourth-order valence-electron chi connectivity index (χ4n) is 3.44. The minimum atomic E-state index is -1.03. The van der Waals surface area contributed by atoms with E-state index in [0.29, 0.717) is 36.7 Å². The molecule has 1 fully saturated rings. The molecule has 0 bridgehead atoms. The number of nitrogens with one attached hydrogen (secondary N) is 2. The Hall–Kier alpha value is -3.96. The second-order valence-electron chi connectivity index (χ2n) is 6.96. The number of carboxylic acid groups (broad SMARTS) is 1. The van der Waals surface area contributed by atoms with Gasteiger partial charge in [-0.3, -0.25) is 4.79 Å². The molecular formula is C18H20N8O4. The van der Waals surface area contributed by atoms with Gasteiger partial charge in [-0.1, -0.05) is 17.0 Å². The number of para-hydroxylation sites is 1. The van der Waals surface area contributed by atoms with E-state index in [4.69, 9.17) is 15.7 Å². The summed E-state index contributed by atoms with van der Waals surface area (Å²) in [6, 6.07) is 7.13. The van der Waals surface area contributed by atoms with Crippen LogP contribution in [0.5, 0.6) is 6.01 Å². The maximum absolute atomic E-state index is 11.8. The summed E-state index contributed by atoms with van der Waals surface area (Å²) in [6.45, 7) is 0. The van der Waals surface area contributed by atoms with Crippen LogP contribution in [-0.4, -0.2) is 54.3 Å². The van der Waals surface area contributed by atoms with Crippen LogP contribution in [-0.2, 0) is 0 Å². The highest BCUT2D eigenvalue weighted by Crippen LogP contribution is 2.24. The summed E-state index contributed by atoms with van der Waals surface area (Å²) in [6.07, 6.45) is 3.03. The topological polar surface area (TPSA) is 170 Å². The zero-order chi connectivity index (χ0) is 21.1. The second-order valence-corrected chi connectivity index (χ2v) is 6.96. The van der Waals surface area contributed by atoms with Gasteiger partial charge in [-0.2, -0.15) is 4.98 Å². The lowest BCUT2D eigenvalue weighted by atomic mass is 9.91. The quantitative estimate of drug-likeness (QED) is 0.463. The van der Waals surface area contributed by atoms with Crippen molar-refractivity contribution < 1.29 is 19.5 Å². The Kier molecular flexibility index (Phi) is 5.28. The van der Waals surface area contributed by atoms with Crippen molar-refractivity contribution >= 4 is 28.9 Å². The fourth-order valence-corrected chi connectivity index (χ4v) is 3.44. The van der Waals surface area contributed by atoms with Crippen molar-refractivity contribution in [3.63, 3.8) is 0 Å². The fraction of sp³-hybridized carbons (Fsp3) is 0.333. The minimum absolute atomic E-state index is 0.00453. The molecule has 5 N–H and O–H groups in total. The number of anilines is 1. The average Bonchev–Trinajstić information content (AvgIpc) is 3.12. The maximum atomic E-state index is 11.8. The van der Waals surface area contributed by atoms with E-state index < -0.39 is 12.0 Å². The number of rotatable bonds is 6. The van der Waals surface area contributed by atoms with Gasteiger partial charge in [-0.15, -0.1) is 5.10 Å². The van der Waals surface area contributed by atoms with Gasteiger partial charge in [0.25, 0.3) is 5.91 Å². The van der Waals surface area contributed by atoms with Crippen LogP contribution in [0.15, 0.2) is 30.5 Å². The van der Waals surface area contributed by atoms with Gasteiger partial charge in [0.15, 0.2) is 0 Å². The third kappa shape index (κ3) is 4.21. The van der Waals surface area contributed by atoms with E-state index >= 15 is 0 Å².